The summed E-state index contributed by atoms with van der Waals surface area (Å²) in [4.78, 5) is 30.2. The molecule has 0 saturated heterocycles. The van der Waals surface area contributed by atoms with Gasteiger partial charge in [0.2, 0.25) is 5.95 Å². The van der Waals surface area contributed by atoms with Crippen LogP contribution in [0.2, 0.25) is 0 Å². The Bertz CT molecular complexity index is 887. The van der Waals surface area contributed by atoms with Crippen LogP contribution >= 0.6 is 0 Å². The highest BCUT2D eigenvalue weighted by atomic mass is 16.6. The number of rotatable bonds is 16. The number of methoxy groups -OCH3 is 1. The van der Waals surface area contributed by atoms with Crippen molar-refractivity contribution < 1.29 is 28.5 Å². The van der Waals surface area contributed by atoms with Gasteiger partial charge in [-0.05, 0) is 18.2 Å². The second-order valence-corrected chi connectivity index (χ2v) is 6.59. The van der Waals surface area contributed by atoms with Gasteiger partial charge in [-0.3, -0.25) is 14.9 Å². The number of hydrogen-bond acceptors (Lipinski definition) is 10. The van der Waals surface area contributed by atoms with Crippen LogP contribution in [0.15, 0.2) is 30.1 Å². The molecule has 0 fully saturated rings. The van der Waals surface area contributed by atoms with Crippen LogP contribution in [0.25, 0.3) is 11.0 Å². The molecule has 1 aromatic carbocycles. The summed E-state index contributed by atoms with van der Waals surface area (Å²) in [6.07, 6.45) is 2.03. The Morgan fingerprint density at radius 1 is 1.12 bits per heavy atom. The SMILES string of the molecule is COCCOCCOCCOCCN(N)/C=C(\N)C(=O)Nc1nc2ccc(C=O)cc2[nH]1. The van der Waals surface area contributed by atoms with Gasteiger partial charge in [-0.1, -0.05) is 0 Å². The molecule has 1 heterocycles. The number of benzene rings is 1. The molecule has 176 valence electrons. The fourth-order valence-electron chi connectivity index (χ4n) is 2.50. The Kier molecular flexibility index (Phi) is 11.1. The van der Waals surface area contributed by atoms with Crippen LogP contribution in [0.1, 0.15) is 10.4 Å². The van der Waals surface area contributed by atoms with Crippen LogP contribution in [0.5, 0.6) is 0 Å². The zero-order valence-corrected chi connectivity index (χ0v) is 18.0. The number of nitrogens with two attached hydrogens (primary N) is 2. The minimum Gasteiger partial charge on any atom is -0.393 e. The normalized spacial score (nSPS) is 11.6. The van der Waals surface area contributed by atoms with Crippen molar-refractivity contribution in [3.63, 3.8) is 0 Å². The van der Waals surface area contributed by atoms with E-state index in [2.05, 4.69) is 15.3 Å². The number of hydrazine groups is 1. The molecule has 0 aliphatic heterocycles. The molecule has 0 aliphatic rings. The third-order valence-corrected chi connectivity index (χ3v) is 4.11. The number of H-pyrrole nitrogens is 1. The van der Waals surface area contributed by atoms with Gasteiger partial charge in [0.25, 0.3) is 5.91 Å². The van der Waals surface area contributed by atoms with Crippen LogP contribution in [0, 0.1) is 0 Å². The number of carbonyl (C=O) groups is 2. The summed E-state index contributed by atoms with van der Waals surface area (Å²) in [5.41, 5.74) is 7.42. The first-order valence-corrected chi connectivity index (χ1v) is 10.0. The number of anilines is 1. The van der Waals surface area contributed by atoms with E-state index in [4.69, 9.17) is 30.5 Å². The molecule has 1 amide bonds. The summed E-state index contributed by atoms with van der Waals surface area (Å²) < 4.78 is 20.9. The Morgan fingerprint density at radius 2 is 1.78 bits per heavy atom. The van der Waals surface area contributed by atoms with E-state index >= 15 is 0 Å². The van der Waals surface area contributed by atoms with E-state index in [-0.39, 0.29) is 11.6 Å². The van der Waals surface area contributed by atoms with Gasteiger partial charge in [0.05, 0.1) is 63.8 Å². The lowest BCUT2D eigenvalue weighted by atomic mass is 10.2. The molecule has 12 heteroatoms. The van der Waals surface area contributed by atoms with Crippen LogP contribution in [-0.4, -0.2) is 87.1 Å². The van der Waals surface area contributed by atoms with E-state index in [9.17, 15) is 9.59 Å². The number of nitrogens with zero attached hydrogens (tertiary/aromatic N) is 2. The van der Waals surface area contributed by atoms with E-state index in [1.165, 1.54) is 11.2 Å². The predicted molar refractivity (Wildman–Crippen MR) is 118 cm³/mol. The van der Waals surface area contributed by atoms with Crippen molar-refractivity contribution in [2.24, 2.45) is 11.6 Å². The minimum atomic E-state index is -0.572. The summed E-state index contributed by atoms with van der Waals surface area (Å²) >= 11 is 0. The molecule has 2 aromatic rings. The number of amides is 1. The highest BCUT2D eigenvalue weighted by Gasteiger charge is 2.11. The first-order chi connectivity index (χ1) is 15.5. The summed E-state index contributed by atoms with van der Waals surface area (Å²) in [5, 5.41) is 3.81. The zero-order chi connectivity index (χ0) is 23.2. The van der Waals surface area contributed by atoms with E-state index in [1.54, 1.807) is 25.3 Å². The lowest BCUT2D eigenvalue weighted by Crippen LogP contribution is -2.32. The third kappa shape index (κ3) is 8.99. The molecular weight excluding hydrogens is 420 g/mol. The summed E-state index contributed by atoms with van der Waals surface area (Å²) in [5.74, 6) is 5.46. The number of aldehydes is 1. The maximum absolute atomic E-state index is 12.2. The standard InChI is InChI=1S/C20H30N6O6/c1-29-6-7-31-10-11-32-9-8-30-5-4-26(22)13-16(21)19(28)25-20-23-17-3-2-15(14-27)12-18(17)24-20/h2-3,12-14H,4-11,21-22H2,1H3,(H2,23,24,25,28)/b16-13-. The Morgan fingerprint density at radius 3 is 2.44 bits per heavy atom. The Hall–Kier alpha value is -3.03. The fourth-order valence-corrected chi connectivity index (χ4v) is 2.50. The fraction of sp³-hybridized carbons (Fsp3) is 0.450. The molecule has 2 rings (SSSR count). The van der Waals surface area contributed by atoms with Crippen LogP contribution in [-0.2, 0) is 23.7 Å². The van der Waals surface area contributed by atoms with Crippen molar-refractivity contribution in [2.45, 2.75) is 0 Å². The largest absolute Gasteiger partial charge is 0.393 e. The van der Waals surface area contributed by atoms with Gasteiger partial charge in [0.15, 0.2) is 0 Å². The molecule has 0 atom stereocenters. The maximum atomic E-state index is 12.2. The van der Waals surface area contributed by atoms with E-state index in [0.29, 0.717) is 69.4 Å². The van der Waals surface area contributed by atoms with Crippen molar-refractivity contribution in [1.82, 2.24) is 15.0 Å². The quantitative estimate of drug-likeness (QED) is 0.0897. The Balaban J connectivity index is 1.63. The monoisotopic (exact) mass is 450 g/mol. The number of carbonyl (C=O) groups excluding carboxylic acids is 2. The average Bonchev–Trinajstić information content (AvgIpc) is 3.18. The second kappa shape index (κ2) is 14.1. The number of nitrogens with one attached hydrogen (secondary N) is 2. The highest BCUT2D eigenvalue weighted by Crippen LogP contribution is 2.15. The number of aromatic amines is 1. The number of ether oxygens (including phenoxy) is 4. The number of fused-ring (bicyclic) bond motifs is 1. The molecule has 0 unspecified atom stereocenters. The lowest BCUT2D eigenvalue weighted by molar-refractivity contribution is -0.113. The van der Waals surface area contributed by atoms with E-state index < -0.39 is 5.91 Å². The topological polar surface area (TPSA) is 167 Å². The van der Waals surface area contributed by atoms with Gasteiger partial charge in [0.1, 0.15) is 12.0 Å². The lowest BCUT2D eigenvalue weighted by Gasteiger charge is -2.15. The second-order valence-electron chi connectivity index (χ2n) is 6.59. The number of aromatic nitrogens is 2. The van der Waals surface area contributed by atoms with Crippen molar-refractivity contribution >= 4 is 29.2 Å². The predicted octanol–water partition coefficient (Wildman–Crippen LogP) is -0.0141. The highest BCUT2D eigenvalue weighted by molar-refractivity contribution is 6.02. The smallest absolute Gasteiger partial charge is 0.275 e. The van der Waals surface area contributed by atoms with Crippen molar-refractivity contribution in [1.29, 1.82) is 0 Å². The van der Waals surface area contributed by atoms with Crippen LogP contribution < -0.4 is 16.9 Å². The van der Waals surface area contributed by atoms with Crippen molar-refractivity contribution in [3.8, 4) is 0 Å². The van der Waals surface area contributed by atoms with Gasteiger partial charge in [0, 0.05) is 18.9 Å². The molecule has 12 nitrogen and oxygen atoms in total. The first kappa shape index (κ1) is 25.2. The number of imidazole rings is 1. The van der Waals surface area contributed by atoms with Gasteiger partial charge >= 0.3 is 0 Å². The van der Waals surface area contributed by atoms with Crippen molar-refractivity contribution in [3.05, 3.63) is 35.7 Å². The van der Waals surface area contributed by atoms with Crippen LogP contribution in [0.3, 0.4) is 0 Å². The zero-order valence-electron chi connectivity index (χ0n) is 18.0. The molecule has 0 bridgehead atoms. The van der Waals surface area contributed by atoms with Crippen LogP contribution in [0.4, 0.5) is 5.95 Å². The summed E-state index contributed by atoms with van der Waals surface area (Å²) in [7, 11) is 1.62. The van der Waals surface area contributed by atoms with E-state index in [1.807, 2.05) is 0 Å². The average molecular weight is 450 g/mol. The van der Waals surface area contributed by atoms with Gasteiger partial charge in [-0.15, -0.1) is 0 Å². The van der Waals surface area contributed by atoms with Gasteiger partial charge in [-0.2, -0.15) is 0 Å². The third-order valence-electron chi connectivity index (χ3n) is 4.11. The van der Waals surface area contributed by atoms with Gasteiger partial charge < -0.3 is 34.7 Å². The molecule has 1 aromatic heterocycles. The van der Waals surface area contributed by atoms with E-state index in [0.717, 1.165) is 6.29 Å². The maximum Gasteiger partial charge on any atom is 0.275 e. The summed E-state index contributed by atoms with van der Waals surface area (Å²) in [6, 6.07) is 4.94. The molecule has 32 heavy (non-hydrogen) atoms. The molecule has 6 N–H and O–H groups in total. The molecule has 0 spiro atoms. The minimum absolute atomic E-state index is 0.0988. The number of hydrogen-bond donors (Lipinski definition) is 4. The molecule has 0 radical (unpaired) electrons. The molecule has 0 aliphatic carbocycles. The summed E-state index contributed by atoms with van der Waals surface area (Å²) in [6.45, 7) is 3.58. The molecule has 0 saturated carbocycles. The molecular formula is C20H30N6O6. The first-order valence-electron chi connectivity index (χ1n) is 10.0. The Labute approximate surface area is 185 Å². The van der Waals surface area contributed by atoms with Gasteiger partial charge in [-0.25, -0.2) is 10.8 Å². The van der Waals surface area contributed by atoms with Crippen molar-refractivity contribution in [2.75, 3.05) is 65.2 Å².